The van der Waals surface area contributed by atoms with Gasteiger partial charge >= 0.3 is 12.4 Å². The van der Waals surface area contributed by atoms with Gasteiger partial charge in [0.1, 0.15) is 11.6 Å². The Hall–Kier alpha value is -5.80. The van der Waals surface area contributed by atoms with Crippen molar-refractivity contribution in [1.29, 1.82) is 0 Å². The van der Waals surface area contributed by atoms with Crippen molar-refractivity contribution in [3.63, 3.8) is 0 Å². The van der Waals surface area contributed by atoms with Crippen LogP contribution in [-0.2, 0) is 38.3 Å². The number of alkyl halides is 6. The fraction of sp³-hybridized carbons (Fsp3) is 0.536. The van der Waals surface area contributed by atoms with E-state index in [1.165, 1.54) is 61.3 Å². The molecule has 2 aromatic carbocycles. The van der Waals surface area contributed by atoms with Gasteiger partial charge < -0.3 is 9.80 Å². The molecule has 4 aromatic heterocycles. The second-order valence-corrected chi connectivity index (χ2v) is 21.6. The van der Waals surface area contributed by atoms with Gasteiger partial charge in [0, 0.05) is 99.1 Å². The van der Waals surface area contributed by atoms with Gasteiger partial charge in [0.25, 0.3) is 0 Å². The van der Waals surface area contributed by atoms with Crippen molar-refractivity contribution in [1.82, 2.24) is 39.5 Å². The smallest absolute Gasteiger partial charge is 0.371 e. The van der Waals surface area contributed by atoms with Gasteiger partial charge in [-0.25, -0.2) is 19.3 Å². The predicted molar refractivity (Wildman–Crippen MR) is 264 cm³/mol. The molecule has 2 saturated heterocycles. The first-order chi connectivity index (χ1) is 34.7. The van der Waals surface area contributed by atoms with Crippen LogP contribution in [0.2, 0.25) is 0 Å². The van der Waals surface area contributed by atoms with E-state index >= 15 is 0 Å². The molecule has 2 saturated carbocycles. The summed E-state index contributed by atoms with van der Waals surface area (Å²) in [5, 5.41) is 9.80. The lowest BCUT2D eigenvalue weighted by molar-refractivity contribution is -0.138. The summed E-state index contributed by atoms with van der Waals surface area (Å²) in [4.78, 5) is 23.7. The van der Waals surface area contributed by atoms with E-state index in [0.29, 0.717) is 46.6 Å². The van der Waals surface area contributed by atoms with E-state index < -0.39 is 23.5 Å². The molecule has 4 bridgehead atoms. The van der Waals surface area contributed by atoms with Crippen LogP contribution in [-0.4, -0.2) is 65.7 Å². The van der Waals surface area contributed by atoms with Crippen molar-refractivity contribution in [2.24, 2.45) is 35.5 Å². The molecule has 4 aliphatic heterocycles. The molecule has 4 fully saturated rings. The fourth-order valence-electron chi connectivity index (χ4n) is 13.4. The van der Waals surface area contributed by atoms with Crippen LogP contribution in [0.25, 0.3) is 0 Å². The van der Waals surface area contributed by atoms with Crippen LogP contribution in [0.15, 0.2) is 85.2 Å². The third-order valence-electron chi connectivity index (χ3n) is 17.0. The molecule has 0 spiro atoms. The molecular formula is C56H64F6N10. The van der Waals surface area contributed by atoms with Gasteiger partial charge in [-0.05, 0) is 148 Å². The highest BCUT2D eigenvalue weighted by Crippen LogP contribution is 2.47. The van der Waals surface area contributed by atoms with Crippen LogP contribution in [0.1, 0.15) is 133 Å². The van der Waals surface area contributed by atoms with E-state index in [1.807, 2.05) is 35.6 Å². The normalized spacial score (nSPS) is 26.1. The number of aromatic nitrogens is 8. The van der Waals surface area contributed by atoms with Crippen LogP contribution < -0.4 is 9.80 Å². The topological polar surface area (TPSA) is 93.7 Å². The zero-order valence-electron chi connectivity index (χ0n) is 41.2. The van der Waals surface area contributed by atoms with Crippen LogP contribution in [0, 0.1) is 49.4 Å². The quantitative estimate of drug-likeness (QED) is 0.139. The van der Waals surface area contributed by atoms with Gasteiger partial charge in [-0.2, -0.15) is 36.5 Å². The highest BCUT2D eigenvalue weighted by molar-refractivity contribution is 5.48. The molecule has 12 rings (SSSR count). The van der Waals surface area contributed by atoms with E-state index in [9.17, 15) is 26.3 Å². The Morgan fingerprint density at radius 2 is 0.903 bits per heavy atom. The van der Waals surface area contributed by atoms with Gasteiger partial charge in [0.15, 0.2) is 11.6 Å². The minimum atomic E-state index is -4.34. The molecule has 72 heavy (non-hydrogen) atoms. The van der Waals surface area contributed by atoms with E-state index in [0.717, 1.165) is 137 Å². The summed E-state index contributed by atoms with van der Waals surface area (Å²) in [5.74, 6) is 6.65. The lowest BCUT2D eigenvalue weighted by atomic mass is 9.82. The first-order valence-corrected chi connectivity index (χ1v) is 26.3. The molecule has 6 aliphatic rings. The monoisotopic (exact) mass is 991 g/mol. The number of nitrogens with zero attached hydrogens (tertiary/aromatic N) is 10. The van der Waals surface area contributed by atoms with Gasteiger partial charge in [-0.3, -0.25) is 9.97 Å². The predicted octanol–water partition coefficient (Wildman–Crippen LogP) is 12.0. The number of halogens is 6. The summed E-state index contributed by atoms with van der Waals surface area (Å²) in [5.41, 5.74) is 4.79. The standard InChI is InChI=1S/2C28H32F3N5/c2*1-18-13-23(10-11-32-18)35-16-20-8-9-21(17-35)25(20)15-26-33-27-24(7-2-3-12-36(27)34-26)19-5-4-6-22(14-19)28(29,30)31/h2*4-6,10-11,13-14,20-21,24-25H,2-3,7-9,12,15-17H2,1H3/t2*20-,21+,24-,25?/m10/s1. The van der Waals surface area contributed by atoms with Gasteiger partial charge in [-0.15, -0.1) is 0 Å². The van der Waals surface area contributed by atoms with Crippen molar-refractivity contribution < 1.29 is 26.3 Å². The number of piperidine rings is 2. The lowest BCUT2D eigenvalue weighted by Crippen LogP contribution is -2.42. The molecule has 0 radical (unpaired) electrons. The highest BCUT2D eigenvalue weighted by Gasteiger charge is 2.45. The number of benzene rings is 2. The number of rotatable bonds is 8. The number of pyridine rings is 2. The van der Waals surface area contributed by atoms with E-state index in [1.54, 1.807) is 12.1 Å². The summed E-state index contributed by atoms with van der Waals surface area (Å²) >= 11 is 0. The third kappa shape index (κ3) is 10.2. The molecule has 2 aliphatic carbocycles. The number of aryl methyl sites for hydroxylation is 4. The van der Waals surface area contributed by atoms with E-state index in [-0.39, 0.29) is 11.8 Å². The van der Waals surface area contributed by atoms with Crippen LogP contribution in [0.4, 0.5) is 37.7 Å². The molecule has 2 unspecified atom stereocenters. The summed E-state index contributed by atoms with van der Waals surface area (Å²) in [6, 6.07) is 20.1. The average Bonchev–Trinajstić information content (AvgIpc) is 3.96. The summed E-state index contributed by atoms with van der Waals surface area (Å²) in [6.45, 7) is 9.82. The summed E-state index contributed by atoms with van der Waals surface area (Å²) < 4.78 is 84.2. The Bertz CT molecular complexity index is 2640. The highest BCUT2D eigenvalue weighted by atomic mass is 19.4. The third-order valence-corrected chi connectivity index (χ3v) is 17.0. The minimum Gasteiger partial charge on any atom is -0.371 e. The SMILES string of the molecule is Cc1cc(N2C[C@H]3CC[C@@H](C2)C3Cc2nc3n(n2)CCCC[C@@H]3c2cccc(C(F)(F)F)c2)ccn1.Cc1cc(N2C[C@H]3CC[C@@H](C2)C3Cc2nc3n(n2)CCCC[C@H]3c2cccc(C(F)(F)F)c2)ccn1. The van der Waals surface area contributed by atoms with Crippen molar-refractivity contribution >= 4 is 11.4 Å². The Morgan fingerprint density at radius 1 is 0.500 bits per heavy atom. The first kappa shape index (κ1) is 48.5. The zero-order valence-corrected chi connectivity index (χ0v) is 41.2. The Labute approximate surface area is 417 Å². The molecule has 8 heterocycles. The van der Waals surface area contributed by atoms with Crippen molar-refractivity contribution in [2.75, 3.05) is 36.0 Å². The molecule has 10 nitrogen and oxygen atoms in total. The van der Waals surface area contributed by atoms with Crippen LogP contribution >= 0.6 is 0 Å². The fourth-order valence-corrected chi connectivity index (χ4v) is 13.4. The first-order valence-electron chi connectivity index (χ1n) is 26.3. The van der Waals surface area contributed by atoms with E-state index in [4.69, 9.17) is 20.2 Å². The molecule has 16 heteroatoms. The number of hydrogen-bond acceptors (Lipinski definition) is 8. The van der Waals surface area contributed by atoms with Gasteiger partial charge in [0.05, 0.1) is 11.1 Å². The minimum absolute atomic E-state index is 0.149. The molecule has 380 valence electrons. The largest absolute Gasteiger partial charge is 0.416 e. The zero-order chi connectivity index (χ0) is 49.7. The second-order valence-electron chi connectivity index (χ2n) is 21.6. The molecule has 0 N–H and O–H groups in total. The Morgan fingerprint density at radius 3 is 1.28 bits per heavy atom. The number of hydrogen-bond donors (Lipinski definition) is 0. The lowest BCUT2D eigenvalue weighted by Gasteiger charge is -2.39. The van der Waals surface area contributed by atoms with E-state index in [2.05, 4.69) is 44.0 Å². The number of anilines is 2. The maximum Gasteiger partial charge on any atom is 0.416 e. The van der Waals surface area contributed by atoms with Crippen LogP contribution in [0.5, 0.6) is 0 Å². The Kier molecular flexibility index (Phi) is 13.4. The molecular weight excluding hydrogens is 927 g/mol. The maximum atomic E-state index is 13.4. The van der Waals surface area contributed by atoms with Gasteiger partial charge in [-0.1, -0.05) is 49.2 Å². The van der Waals surface area contributed by atoms with Crippen molar-refractivity contribution in [2.45, 2.75) is 128 Å². The average molecular weight is 991 g/mol. The second kappa shape index (κ2) is 19.9. The maximum absolute atomic E-state index is 13.4. The number of fused-ring (bicyclic) bond motifs is 6. The molecule has 6 aromatic rings. The van der Waals surface area contributed by atoms with Crippen molar-refractivity contribution in [3.05, 3.63) is 142 Å². The molecule has 0 amide bonds. The van der Waals surface area contributed by atoms with Crippen molar-refractivity contribution in [3.8, 4) is 0 Å². The van der Waals surface area contributed by atoms with Gasteiger partial charge in [0.2, 0.25) is 0 Å². The van der Waals surface area contributed by atoms with Crippen LogP contribution in [0.3, 0.4) is 0 Å². The summed E-state index contributed by atoms with van der Waals surface area (Å²) in [7, 11) is 0. The Balaban J connectivity index is 0.000000156. The molecule has 8 atom stereocenters. The summed E-state index contributed by atoms with van der Waals surface area (Å²) in [6.07, 6.45) is 7.19.